The summed E-state index contributed by atoms with van der Waals surface area (Å²) in [6.45, 7) is 0.917. The molecule has 0 radical (unpaired) electrons. The molecule has 2 N–H and O–H groups in total. The lowest BCUT2D eigenvalue weighted by molar-refractivity contribution is -0.131. The van der Waals surface area contributed by atoms with Crippen LogP contribution in [-0.2, 0) is 16.1 Å². The maximum atomic E-state index is 12.2. The maximum Gasteiger partial charge on any atom is 0.162 e. The summed E-state index contributed by atoms with van der Waals surface area (Å²) in [5.41, 5.74) is 6.65. The van der Waals surface area contributed by atoms with Crippen molar-refractivity contribution in [2.75, 3.05) is 6.54 Å². The van der Waals surface area contributed by atoms with Crippen LogP contribution in [0.3, 0.4) is 0 Å². The minimum Gasteiger partial charge on any atom is -0.366 e. The molecule has 1 fully saturated rings. The molecule has 0 aromatic heterocycles. The molecule has 0 saturated heterocycles. The fraction of sp³-hybridized carbons (Fsp3) is 0.632. The van der Waals surface area contributed by atoms with Crippen molar-refractivity contribution in [2.45, 2.75) is 64.1 Å². The van der Waals surface area contributed by atoms with Gasteiger partial charge < -0.3 is 10.5 Å². The van der Waals surface area contributed by atoms with E-state index in [1.54, 1.807) is 0 Å². The van der Waals surface area contributed by atoms with E-state index < -0.39 is 0 Å². The third-order valence-electron chi connectivity index (χ3n) is 4.61. The summed E-state index contributed by atoms with van der Waals surface area (Å²) in [6, 6.07) is 10.1. The average molecular weight is 303 g/mol. The topological polar surface area (TPSA) is 52.3 Å². The fourth-order valence-electron chi connectivity index (χ4n) is 3.27. The number of carbonyl (C=O) groups is 1. The second-order valence-corrected chi connectivity index (χ2v) is 6.37. The highest BCUT2D eigenvalue weighted by Gasteiger charge is 2.21. The molecule has 2 rings (SSSR count). The van der Waals surface area contributed by atoms with E-state index in [9.17, 15) is 4.79 Å². The zero-order valence-corrected chi connectivity index (χ0v) is 13.5. The Balaban J connectivity index is 1.83. The van der Waals surface area contributed by atoms with E-state index in [1.165, 1.54) is 32.1 Å². The monoisotopic (exact) mass is 303 g/mol. The van der Waals surface area contributed by atoms with Gasteiger partial charge in [-0.1, -0.05) is 62.4 Å². The SMILES string of the molecule is NCCC(=O)C(CCC1CCCCC1)OCc1ccccc1. The molecule has 1 aliphatic rings. The minimum absolute atomic E-state index is 0.161. The van der Waals surface area contributed by atoms with Crippen LogP contribution >= 0.6 is 0 Å². The highest BCUT2D eigenvalue weighted by atomic mass is 16.5. The molecule has 1 saturated carbocycles. The highest BCUT2D eigenvalue weighted by molar-refractivity contribution is 5.83. The predicted octanol–water partition coefficient (Wildman–Crippen LogP) is 3.85. The molecule has 1 aromatic rings. The van der Waals surface area contributed by atoms with E-state index in [-0.39, 0.29) is 11.9 Å². The number of ketones is 1. The summed E-state index contributed by atoms with van der Waals surface area (Å²) in [5.74, 6) is 0.941. The molecule has 122 valence electrons. The first-order valence-electron chi connectivity index (χ1n) is 8.68. The predicted molar refractivity (Wildman–Crippen MR) is 89.5 cm³/mol. The summed E-state index contributed by atoms with van der Waals surface area (Å²) >= 11 is 0. The first-order chi connectivity index (χ1) is 10.8. The lowest BCUT2D eigenvalue weighted by Crippen LogP contribution is -2.27. The summed E-state index contributed by atoms with van der Waals surface area (Å²) in [4.78, 5) is 12.2. The van der Waals surface area contributed by atoms with Gasteiger partial charge in [0.1, 0.15) is 6.10 Å². The molecule has 3 heteroatoms. The van der Waals surface area contributed by atoms with Crippen molar-refractivity contribution in [3.8, 4) is 0 Å². The first kappa shape index (κ1) is 17.2. The van der Waals surface area contributed by atoms with E-state index in [4.69, 9.17) is 10.5 Å². The number of hydrogen-bond acceptors (Lipinski definition) is 3. The molecule has 1 atom stereocenters. The maximum absolute atomic E-state index is 12.2. The molecule has 22 heavy (non-hydrogen) atoms. The van der Waals surface area contributed by atoms with Gasteiger partial charge in [-0.15, -0.1) is 0 Å². The Morgan fingerprint density at radius 1 is 1.18 bits per heavy atom. The Hall–Kier alpha value is -1.19. The summed E-state index contributed by atoms with van der Waals surface area (Å²) in [6.07, 6.45) is 8.78. The lowest BCUT2D eigenvalue weighted by Gasteiger charge is -2.24. The van der Waals surface area contributed by atoms with Crippen molar-refractivity contribution in [3.05, 3.63) is 35.9 Å². The third kappa shape index (κ3) is 5.90. The Labute approximate surface area is 134 Å². The molecule has 0 aliphatic heterocycles. The summed E-state index contributed by atoms with van der Waals surface area (Å²) in [7, 11) is 0. The largest absolute Gasteiger partial charge is 0.366 e. The summed E-state index contributed by atoms with van der Waals surface area (Å²) in [5, 5.41) is 0. The van der Waals surface area contributed by atoms with Gasteiger partial charge in [0, 0.05) is 6.42 Å². The molecular weight excluding hydrogens is 274 g/mol. The van der Waals surface area contributed by atoms with Crippen LogP contribution in [0.5, 0.6) is 0 Å². The van der Waals surface area contributed by atoms with Crippen LogP contribution in [0, 0.1) is 5.92 Å². The quantitative estimate of drug-likeness (QED) is 0.754. The highest BCUT2D eigenvalue weighted by Crippen LogP contribution is 2.28. The van der Waals surface area contributed by atoms with Gasteiger partial charge in [0.25, 0.3) is 0 Å². The van der Waals surface area contributed by atoms with Gasteiger partial charge in [-0.3, -0.25) is 4.79 Å². The van der Waals surface area contributed by atoms with Gasteiger partial charge in [0.05, 0.1) is 6.61 Å². The zero-order valence-electron chi connectivity index (χ0n) is 13.5. The van der Waals surface area contributed by atoms with E-state index in [0.29, 0.717) is 19.6 Å². The van der Waals surface area contributed by atoms with Crippen LogP contribution in [0.2, 0.25) is 0 Å². The molecule has 0 amide bonds. The van der Waals surface area contributed by atoms with Gasteiger partial charge in [-0.2, -0.15) is 0 Å². The fourth-order valence-corrected chi connectivity index (χ4v) is 3.27. The molecule has 0 heterocycles. The second-order valence-electron chi connectivity index (χ2n) is 6.37. The van der Waals surface area contributed by atoms with E-state index in [0.717, 1.165) is 24.3 Å². The number of nitrogens with two attached hydrogens (primary N) is 1. The van der Waals surface area contributed by atoms with Crippen LogP contribution in [0.25, 0.3) is 0 Å². The molecule has 3 nitrogen and oxygen atoms in total. The number of rotatable bonds is 9. The number of hydrogen-bond donors (Lipinski definition) is 1. The Bertz CT molecular complexity index is 426. The van der Waals surface area contributed by atoms with E-state index >= 15 is 0 Å². The van der Waals surface area contributed by atoms with Crippen molar-refractivity contribution >= 4 is 5.78 Å². The van der Waals surface area contributed by atoms with Crippen molar-refractivity contribution in [1.82, 2.24) is 0 Å². The average Bonchev–Trinajstić information content (AvgIpc) is 2.57. The smallest absolute Gasteiger partial charge is 0.162 e. The second kappa shape index (κ2) is 9.75. The lowest BCUT2D eigenvalue weighted by atomic mass is 9.85. The molecule has 1 aromatic carbocycles. The number of carbonyl (C=O) groups excluding carboxylic acids is 1. The normalized spacial score (nSPS) is 17.3. The number of benzene rings is 1. The van der Waals surface area contributed by atoms with Crippen molar-refractivity contribution in [1.29, 1.82) is 0 Å². The standard InChI is InChI=1S/C19H29NO2/c20-14-13-18(21)19(12-11-16-7-3-1-4-8-16)22-15-17-9-5-2-6-10-17/h2,5-6,9-10,16,19H,1,3-4,7-8,11-15,20H2. The Kier molecular flexibility index (Phi) is 7.61. The summed E-state index contributed by atoms with van der Waals surface area (Å²) < 4.78 is 5.93. The third-order valence-corrected chi connectivity index (χ3v) is 4.61. The van der Waals surface area contributed by atoms with Crippen LogP contribution in [0.1, 0.15) is 56.9 Å². The Morgan fingerprint density at radius 2 is 1.91 bits per heavy atom. The number of Topliss-reactive ketones (excluding diaryl/α,β-unsaturated/α-hetero) is 1. The Morgan fingerprint density at radius 3 is 2.59 bits per heavy atom. The van der Waals surface area contributed by atoms with Gasteiger partial charge >= 0.3 is 0 Å². The van der Waals surface area contributed by atoms with Crippen LogP contribution < -0.4 is 5.73 Å². The molecular formula is C19H29NO2. The molecule has 0 bridgehead atoms. The van der Waals surface area contributed by atoms with Crippen LogP contribution in [-0.4, -0.2) is 18.4 Å². The van der Waals surface area contributed by atoms with Gasteiger partial charge in [0.2, 0.25) is 0 Å². The van der Waals surface area contributed by atoms with E-state index in [1.807, 2.05) is 30.3 Å². The van der Waals surface area contributed by atoms with Gasteiger partial charge in [0.15, 0.2) is 5.78 Å². The van der Waals surface area contributed by atoms with Gasteiger partial charge in [-0.05, 0) is 30.9 Å². The first-order valence-corrected chi connectivity index (χ1v) is 8.68. The molecule has 1 aliphatic carbocycles. The van der Waals surface area contributed by atoms with Crippen molar-refractivity contribution in [2.24, 2.45) is 11.7 Å². The van der Waals surface area contributed by atoms with Gasteiger partial charge in [-0.25, -0.2) is 0 Å². The zero-order chi connectivity index (χ0) is 15.6. The van der Waals surface area contributed by atoms with E-state index in [2.05, 4.69) is 0 Å². The van der Waals surface area contributed by atoms with Crippen LogP contribution in [0.15, 0.2) is 30.3 Å². The van der Waals surface area contributed by atoms with Crippen molar-refractivity contribution in [3.63, 3.8) is 0 Å². The molecule has 0 spiro atoms. The van der Waals surface area contributed by atoms with Crippen molar-refractivity contribution < 1.29 is 9.53 Å². The minimum atomic E-state index is -0.286. The van der Waals surface area contributed by atoms with Crippen LogP contribution in [0.4, 0.5) is 0 Å². The number of ether oxygens (including phenoxy) is 1. The molecule has 1 unspecified atom stereocenters.